The lowest BCUT2D eigenvalue weighted by atomic mass is 10.2. The Morgan fingerprint density at radius 3 is 2.52 bits per heavy atom. The van der Waals surface area contributed by atoms with Crippen molar-refractivity contribution in [2.24, 2.45) is 0 Å². The van der Waals surface area contributed by atoms with Gasteiger partial charge in [0.2, 0.25) is 0 Å². The second kappa shape index (κ2) is 5.55. The van der Waals surface area contributed by atoms with Crippen LogP contribution in [0.1, 0.15) is 18.0 Å². The van der Waals surface area contributed by atoms with Crippen molar-refractivity contribution in [3.63, 3.8) is 0 Å². The van der Waals surface area contributed by atoms with E-state index in [0.717, 1.165) is 16.2 Å². The monoisotopic (exact) mass is 322 g/mol. The van der Waals surface area contributed by atoms with Crippen LogP contribution in [0.25, 0.3) is 21.9 Å². The van der Waals surface area contributed by atoms with Gasteiger partial charge in [-0.2, -0.15) is 0 Å². The fourth-order valence-corrected chi connectivity index (χ4v) is 3.38. The number of H-pyrrole nitrogens is 2. The van der Waals surface area contributed by atoms with E-state index in [0.29, 0.717) is 16.7 Å². The highest BCUT2D eigenvalue weighted by molar-refractivity contribution is 7.99. The van der Waals surface area contributed by atoms with Gasteiger partial charge >= 0.3 is 0 Å². The highest BCUT2D eigenvalue weighted by Gasteiger charge is 2.14. The molecule has 1 atom stereocenters. The first-order chi connectivity index (χ1) is 11.2. The number of fused-ring (bicyclic) bond motifs is 2. The molecule has 0 aliphatic rings. The Labute approximate surface area is 136 Å². The van der Waals surface area contributed by atoms with E-state index in [1.165, 1.54) is 0 Å². The molecule has 0 amide bonds. The number of nitrogens with zero attached hydrogens (tertiary/aromatic N) is 2. The Hall–Kier alpha value is -2.60. The third-order valence-electron chi connectivity index (χ3n) is 3.67. The molecule has 2 aromatic carbocycles. The minimum atomic E-state index is -0.109. The summed E-state index contributed by atoms with van der Waals surface area (Å²) in [6.07, 6.45) is 0. The van der Waals surface area contributed by atoms with Gasteiger partial charge < -0.3 is 9.97 Å². The second-order valence-electron chi connectivity index (χ2n) is 5.29. The number of hydrogen-bond acceptors (Lipinski definition) is 4. The number of imidazole rings is 1. The number of aromatic amines is 2. The first kappa shape index (κ1) is 14.0. The van der Waals surface area contributed by atoms with Crippen molar-refractivity contribution in [3.8, 4) is 0 Å². The summed E-state index contributed by atoms with van der Waals surface area (Å²) in [7, 11) is 0. The Kier molecular flexibility index (Phi) is 3.38. The van der Waals surface area contributed by atoms with Crippen LogP contribution in [0.3, 0.4) is 0 Å². The molecule has 0 unspecified atom stereocenters. The maximum Gasteiger partial charge on any atom is 0.258 e. The molecule has 0 saturated carbocycles. The van der Waals surface area contributed by atoms with E-state index in [9.17, 15) is 4.79 Å². The van der Waals surface area contributed by atoms with Crippen LogP contribution in [-0.4, -0.2) is 19.9 Å². The lowest BCUT2D eigenvalue weighted by Gasteiger charge is -2.09. The summed E-state index contributed by atoms with van der Waals surface area (Å²) >= 11 is 1.54. The molecule has 114 valence electrons. The number of aromatic nitrogens is 4. The minimum absolute atomic E-state index is 0.0205. The minimum Gasteiger partial charge on any atom is -0.333 e. The smallest absolute Gasteiger partial charge is 0.258 e. The van der Waals surface area contributed by atoms with E-state index in [4.69, 9.17) is 0 Å². The number of hydrogen-bond donors (Lipinski definition) is 2. The van der Waals surface area contributed by atoms with Crippen LogP contribution >= 0.6 is 11.8 Å². The molecular weight excluding hydrogens is 308 g/mol. The molecule has 0 spiro atoms. The van der Waals surface area contributed by atoms with Crippen molar-refractivity contribution >= 4 is 33.7 Å². The summed E-state index contributed by atoms with van der Waals surface area (Å²) in [5, 5.41) is 1.40. The maximum atomic E-state index is 12.2. The molecule has 0 radical (unpaired) electrons. The normalized spacial score (nSPS) is 12.7. The van der Waals surface area contributed by atoms with Gasteiger partial charge in [-0.15, -0.1) is 0 Å². The molecule has 23 heavy (non-hydrogen) atoms. The molecule has 2 N–H and O–H groups in total. The molecule has 4 rings (SSSR count). The summed E-state index contributed by atoms with van der Waals surface area (Å²) in [5.74, 6) is 0.652. The van der Waals surface area contributed by atoms with Crippen LogP contribution in [0, 0.1) is 0 Å². The van der Waals surface area contributed by atoms with Crippen molar-refractivity contribution < 1.29 is 0 Å². The van der Waals surface area contributed by atoms with Crippen molar-refractivity contribution in [3.05, 3.63) is 64.7 Å². The number of nitrogens with one attached hydrogen (secondary N) is 2. The van der Waals surface area contributed by atoms with Crippen molar-refractivity contribution in [1.82, 2.24) is 19.9 Å². The van der Waals surface area contributed by atoms with Crippen LogP contribution in [0.2, 0.25) is 0 Å². The standard InChI is InChI=1S/C17H14N4OS/c1-10(23-17-19-13-8-4-5-9-14(13)20-17)15-18-12-7-3-2-6-11(12)16(22)21-15/h2-10H,1H3,(H,19,20)(H,18,21,22)/t10-/m0/s1. The third-order valence-corrected chi connectivity index (χ3v) is 4.67. The number of rotatable bonds is 3. The highest BCUT2D eigenvalue weighted by Crippen LogP contribution is 2.32. The largest absolute Gasteiger partial charge is 0.333 e. The Morgan fingerprint density at radius 2 is 1.70 bits per heavy atom. The zero-order valence-corrected chi connectivity index (χ0v) is 13.2. The average molecular weight is 322 g/mol. The predicted octanol–water partition coefficient (Wildman–Crippen LogP) is 3.65. The highest BCUT2D eigenvalue weighted by atomic mass is 32.2. The van der Waals surface area contributed by atoms with Crippen molar-refractivity contribution in [2.45, 2.75) is 17.3 Å². The van der Waals surface area contributed by atoms with Gasteiger partial charge in [0.25, 0.3) is 5.56 Å². The summed E-state index contributed by atoms with van der Waals surface area (Å²) in [6, 6.07) is 15.3. The van der Waals surface area contributed by atoms with Crippen LogP contribution < -0.4 is 5.56 Å². The molecule has 6 heteroatoms. The van der Waals surface area contributed by atoms with Crippen LogP contribution in [0.15, 0.2) is 58.5 Å². The van der Waals surface area contributed by atoms with E-state index >= 15 is 0 Å². The Balaban J connectivity index is 1.68. The molecule has 4 aromatic rings. The fourth-order valence-electron chi connectivity index (χ4n) is 2.51. The molecule has 2 heterocycles. The molecule has 0 bridgehead atoms. The van der Waals surface area contributed by atoms with Gasteiger partial charge in [-0.3, -0.25) is 4.79 Å². The van der Waals surface area contributed by atoms with Crippen molar-refractivity contribution in [2.75, 3.05) is 0 Å². The van der Waals surface area contributed by atoms with Crippen LogP contribution in [0.4, 0.5) is 0 Å². The fraction of sp³-hybridized carbons (Fsp3) is 0.118. The van der Waals surface area contributed by atoms with Gasteiger partial charge in [0.15, 0.2) is 5.16 Å². The first-order valence-electron chi connectivity index (χ1n) is 7.31. The number of para-hydroxylation sites is 3. The molecule has 2 aromatic heterocycles. The van der Waals surface area contributed by atoms with Gasteiger partial charge in [0, 0.05) is 0 Å². The van der Waals surface area contributed by atoms with Gasteiger partial charge in [-0.25, -0.2) is 9.97 Å². The first-order valence-corrected chi connectivity index (χ1v) is 8.19. The number of thioether (sulfide) groups is 1. The molecule has 0 aliphatic heterocycles. The zero-order valence-electron chi connectivity index (χ0n) is 12.4. The quantitative estimate of drug-likeness (QED) is 0.565. The zero-order chi connectivity index (χ0) is 15.8. The predicted molar refractivity (Wildman–Crippen MR) is 92.7 cm³/mol. The lowest BCUT2D eigenvalue weighted by Crippen LogP contribution is -2.12. The molecule has 5 nitrogen and oxygen atoms in total. The van der Waals surface area contributed by atoms with Gasteiger partial charge in [-0.05, 0) is 31.2 Å². The summed E-state index contributed by atoms with van der Waals surface area (Å²) < 4.78 is 0. The van der Waals surface area contributed by atoms with Gasteiger partial charge in [-0.1, -0.05) is 36.0 Å². The SMILES string of the molecule is C[C@H](Sc1nc2ccccc2[nH]1)c1nc2ccccc2c(=O)[nH]1. The topological polar surface area (TPSA) is 74.4 Å². The molecule has 0 saturated heterocycles. The molecule has 0 fully saturated rings. The van der Waals surface area contributed by atoms with E-state index in [1.807, 2.05) is 49.4 Å². The van der Waals surface area contributed by atoms with Gasteiger partial charge in [0.1, 0.15) is 5.82 Å². The third kappa shape index (κ3) is 2.61. The summed E-state index contributed by atoms with van der Waals surface area (Å²) in [6.45, 7) is 2.00. The lowest BCUT2D eigenvalue weighted by molar-refractivity contribution is 0.914. The second-order valence-corrected chi connectivity index (χ2v) is 6.62. The Morgan fingerprint density at radius 1 is 0.957 bits per heavy atom. The van der Waals surface area contributed by atoms with E-state index < -0.39 is 0 Å². The maximum absolute atomic E-state index is 12.2. The van der Waals surface area contributed by atoms with Crippen molar-refractivity contribution in [1.29, 1.82) is 0 Å². The van der Waals surface area contributed by atoms with Gasteiger partial charge in [0.05, 0.1) is 27.2 Å². The van der Waals surface area contributed by atoms with E-state index in [2.05, 4.69) is 19.9 Å². The number of benzene rings is 2. The van der Waals surface area contributed by atoms with E-state index in [-0.39, 0.29) is 10.8 Å². The molecular formula is C17H14N4OS. The van der Waals surface area contributed by atoms with E-state index in [1.54, 1.807) is 17.8 Å². The summed E-state index contributed by atoms with van der Waals surface area (Å²) in [5.41, 5.74) is 2.54. The summed E-state index contributed by atoms with van der Waals surface area (Å²) in [4.78, 5) is 27.4. The van der Waals surface area contributed by atoms with Crippen LogP contribution in [-0.2, 0) is 0 Å². The average Bonchev–Trinajstić information content (AvgIpc) is 2.97. The Bertz CT molecular complexity index is 1020. The molecule has 0 aliphatic carbocycles. The van der Waals surface area contributed by atoms with Crippen LogP contribution in [0.5, 0.6) is 0 Å².